The van der Waals surface area contributed by atoms with Crippen LogP contribution in [0.1, 0.15) is 13.8 Å². The molecule has 1 aromatic carbocycles. The van der Waals surface area contributed by atoms with Gasteiger partial charge in [-0.1, -0.05) is 12.1 Å². The van der Waals surface area contributed by atoms with Gasteiger partial charge in [-0.2, -0.15) is 5.26 Å². The summed E-state index contributed by atoms with van der Waals surface area (Å²) in [6, 6.07) is 7.48. The monoisotopic (exact) mass is 248 g/mol. The lowest BCUT2D eigenvalue weighted by Crippen LogP contribution is -2.16. The molecule has 0 saturated carbocycles. The fourth-order valence-corrected chi connectivity index (χ4v) is 1.33. The molecule has 0 radical (unpaired) electrons. The van der Waals surface area contributed by atoms with E-state index in [1.165, 1.54) is 25.1 Å². The van der Waals surface area contributed by atoms with E-state index < -0.39 is 11.7 Å². The number of hydrogen-bond acceptors (Lipinski definition) is 3. The van der Waals surface area contributed by atoms with E-state index in [2.05, 4.69) is 5.32 Å². The van der Waals surface area contributed by atoms with Crippen LogP contribution in [-0.4, -0.2) is 12.5 Å². The number of nitrogens with zero attached hydrogens (tertiary/aromatic N) is 1. The van der Waals surface area contributed by atoms with Crippen molar-refractivity contribution in [2.45, 2.75) is 13.8 Å². The second-order valence-corrected chi connectivity index (χ2v) is 3.41. The Morgan fingerprint density at radius 2 is 2.17 bits per heavy atom. The number of halogens is 1. The fraction of sp³-hybridized carbons (Fsp3) is 0.231. The highest BCUT2D eigenvalue weighted by Gasteiger charge is 2.15. The van der Waals surface area contributed by atoms with Crippen molar-refractivity contribution in [2.75, 3.05) is 11.9 Å². The Morgan fingerprint density at radius 1 is 1.50 bits per heavy atom. The molecule has 5 heteroatoms. The van der Waals surface area contributed by atoms with Crippen molar-refractivity contribution < 1.29 is 13.9 Å². The van der Waals surface area contributed by atoms with Gasteiger partial charge in [-0.25, -0.2) is 4.39 Å². The molecule has 0 bridgehead atoms. The normalized spacial score (nSPS) is 11.2. The number of anilines is 1. The van der Waals surface area contributed by atoms with Gasteiger partial charge in [-0.3, -0.25) is 4.79 Å². The molecular weight excluding hydrogens is 235 g/mol. The predicted molar refractivity (Wildman–Crippen MR) is 65.0 cm³/mol. The van der Waals surface area contributed by atoms with Gasteiger partial charge < -0.3 is 10.1 Å². The van der Waals surface area contributed by atoms with Crippen LogP contribution in [0.15, 0.2) is 35.6 Å². The molecular formula is C13H13FN2O2. The topological polar surface area (TPSA) is 62.1 Å². The zero-order chi connectivity index (χ0) is 13.5. The summed E-state index contributed by atoms with van der Waals surface area (Å²) in [5.41, 5.74) is -0.139. The summed E-state index contributed by atoms with van der Waals surface area (Å²) in [6.45, 7) is 3.61. The first-order chi connectivity index (χ1) is 8.60. The third kappa shape index (κ3) is 3.32. The van der Waals surface area contributed by atoms with Crippen molar-refractivity contribution in [2.24, 2.45) is 0 Å². The summed E-state index contributed by atoms with van der Waals surface area (Å²) in [4.78, 5) is 11.8. The SMILES string of the molecule is CCO/C(C)=C(/C#N)C(=O)Nc1ccccc1F. The van der Waals surface area contributed by atoms with Crippen LogP contribution in [-0.2, 0) is 9.53 Å². The van der Waals surface area contributed by atoms with Gasteiger partial charge in [0.2, 0.25) is 0 Å². The Morgan fingerprint density at radius 3 is 2.72 bits per heavy atom. The van der Waals surface area contributed by atoms with Gasteiger partial charge in [0.25, 0.3) is 5.91 Å². The average molecular weight is 248 g/mol. The highest BCUT2D eigenvalue weighted by molar-refractivity contribution is 6.06. The number of hydrogen-bond donors (Lipinski definition) is 1. The molecule has 4 nitrogen and oxygen atoms in total. The number of ether oxygens (including phenoxy) is 1. The van der Waals surface area contributed by atoms with Gasteiger partial charge in [-0.15, -0.1) is 0 Å². The number of rotatable bonds is 4. The fourth-order valence-electron chi connectivity index (χ4n) is 1.33. The molecule has 0 aromatic heterocycles. The van der Waals surface area contributed by atoms with Crippen LogP contribution in [0.25, 0.3) is 0 Å². The molecule has 0 aliphatic heterocycles. The maximum atomic E-state index is 13.3. The van der Waals surface area contributed by atoms with Crippen LogP contribution in [0, 0.1) is 17.1 Å². The lowest BCUT2D eigenvalue weighted by atomic mass is 10.2. The van der Waals surface area contributed by atoms with Crippen LogP contribution in [0.3, 0.4) is 0 Å². The van der Waals surface area contributed by atoms with Crippen molar-refractivity contribution in [1.82, 2.24) is 0 Å². The number of nitriles is 1. The summed E-state index contributed by atoms with van der Waals surface area (Å²) in [7, 11) is 0. The molecule has 0 saturated heterocycles. The largest absolute Gasteiger partial charge is 0.497 e. The number of carbonyl (C=O) groups excluding carboxylic acids is 1. The minimum Gasteiger partial charge on any atom is -0.497 e. The van der Waals surface area contributed by atoms with Crippen molar-refractivity contribution in [1.29, 1.82) is 5.26 Å². The van der Waals surface area contributed by atoms with Gasteiger partial charge >= 0.3 is 0 Å². The number of carbonyl (C=O) groups is 1. The molecule has 0 fully saturated rings. The first-order valence-corrected chi connectivity index (χ1v) is 5.39. The molecule has 1 aromatic rings. The molecule has 1 N–H and O–H groups in total. The minimum atomic E-state index is -0.687. The van der Waals surface area contributed by atoms with Gasteiger partial charge in [0.1, 0.15) is 17.6 Å². The Labute approximate surface area is 105 Å². The Balaban J connectivity index is 2.92. The summed E-state index contributed by atoms with van der Waals surface area (Å²) < 4.78 is 18.4. The van der Waals surface area contributed by atoms with E-state index >= 15 is 0 Å². The van der Waals surface area contributed by atoms with Gasteiger partial charge in [-0.05, 0) is 26.0 Å². The second kappa shape index (κ2) is 6.40. The summed E-state index contributed by atoms with van der Waals surface area (Å²) in [5, 5.41) is 11.2. The van der Waals surface area contributed by atoms with E-state index in [4.69, 9.17) is 10.00 Å². The van der Waals surface area contributed by atoms with Crippen molar-refractivity contribution in [3.05, 3.63) is 41.4 Å². The standard InChI is InChI=1S/C13H13FN2O2/c1-3-18-9(2)10(8-15)13(17)16-12-7-5-4-6-11(12)14/h4-7H,3H2,1-2H3,(H,16,17)/b10-9-. The highest BCUT2D eigenvalue weighted by Crippen LogP contribution is 2.14. The van der Waals surface area contributed by atoms with Crippen LogP contribution < -0.4 is 5.32 Å². The van der Waals surface area contributed by atoms with E-state index in [0.29, 0.717) is 6.61 Å². The molecule has 1 rings (SSSR count). The smallest absolute Gasteiger partial charge is 0.269 e. The van der Waals surface area contributed by atoms with Gasteiger partial charge in [0.05, 0.1) is 12.3 Å². The molecule has 94 valence electrons. The Kier molecular flexibility index (Phi) is 4.88. The molecule has 1 amide bonds. The van der Waals surface area contributed by atoms with E-state index in [9.17, 15) is 9.18 Å². The minimum absolute atomic E-state index is 0.0274. The van der Waals surface area contributed by atoms with Crippen LogP contribution >= 0.6 is 0 Å². The maximum absolute atomic E-state index is 13.3. The third-order valence-corrected chi connectivity index (χ3v) is 2.17. The Hall–Kier alpha value is -2.35. The first kappa shape index (κ1) is 13.7. The van der Waals surface area contributed by atoms with E-state index in [-0.39, 0.29) is 17.0 Å². The van der Waals surface area contributed by atoms with Crippen molar-refractivity contribution in [3.63, 3.8) is 0 Å². The average Bonchev–Trinajstić information content (AvgIpc) is 2.33. The Bertz CT molecular complexity index is 518. The lowest BCUT2D eigenvalue weighted by Gasteiger charge is -2.08. The molecule has 0 heterocycles. The van der Waals surface area contributed by atoms with Gasteiger partial charge in [0.15, 0.2) is 5.57 Å². The third-order valence-electron chi connectivity index (χ3n) is 2.17. The zero-order valence-electron chi connectivity index (χ0n) is 10.2. The van der Waals surface area contributed by atoms with Crippen LogP contribution in [0.2, 0.25) is 0 Å². The van der Waals surface area contributed by atoms with Gasteiger partial charge in [0, 0.05) is 0 Å². The van der Waals surface area contributed by atoms with Crippen LogP contribution in [0.4, 0.5) is 10.1 Å². The number of benzene rings is 1. The molecule has 0 aliphatic carbocycles. The van der Waals surface area contributed by atoms with E-state index in [1.807, 2.05) is 0 Å². The molecule has 18 heavy (non-hydrogen) atoms. The quantitative estimate of drug-likeness (QED) is 0.506. The maximum Gasteiger partial charge on any atom is 0.269 e. The van der Waals surface area contributed by atoms with E-state index in [0.717, 1.165) is 0 Å². The molecule has 0 spiro atoms. The molecule has 0 unspecified atom stereocenters. The summed E-state index contributed by atoms with van der Waals surface area (Å²) in [6.07, 6.45) is 0. The number of nitrogens with one attached hydrogen (secondary N) is 1. The lowest BCUT2D eigenvalue weighted by molar-refractivity contribution is -0.112. The zero-order valence-corrected chi connectivity index (χ0v) is 10.2. The van der Waals surface area contributed by atoms with Crippen molar-refractivity contribution >= 4 is 11.6 Å². The molecule has 0 aliphatic rings. The first-order valence-electron chi connectivity index (χ1n) is 5.39. The summed E-state index contributed by atoms with van der Waals surface area (Å²) in [5.74, 6) is -1.03. The number of amides is 1. The molecule has 0 atom stereocenters. The van der Waals surface area contributed by atoms with Crippen molar-refractivity contribution in [3.8, 4) is 6.07 Å². The summed E-state index contributed by atoms with van der Waals surface area (Å²) >= 11 is 0. The number of para-hydroxylation sites is 1. The highest BCUT2D eigenvalue weighted by atomic mass is 19.1. The number of allylic oxidation sites excluding steroid dienone is 1. The van der Waals surface area contributed by atoms with E-state index in [1.54, 1.807) is 19.1 Å². The van der Waals surface area contributed by atoms with Crippen LogP contribution in [0.5, 0.6) is 0 Å². The predicted octanol–water partition coefficient (Wildman–Crippen LogP) is 2.60. The second-order valence-electron chi connectivity index (χ2n) is 3.41.